The second kappa shape index (κ2) is 7.21. The number of anilines is 2. The van der Waals surface area contributed by atoms with E-state index in [4.69, 9.17) is 0 Å². The fraction of sp³-hybridized carbons (Fsp3) is 0.350. The zero-order valence-corrected chi connectivity index (χ0v) is 17.5. The van der Waals surface area contributed by atoms with Crippen LogP contribution in [-0.2, 0) is 17.6 Å². The van der Waals surface area contributed by atoms with Crippen LogP contribution in [0.2, 0.25) is 0 Å². The molecule has 1 amide bonds. The van der Waals surface area contributed by atoms with Crippen LogP contribution in [0.3, 0.4) is 0 Å². The number of thiophene rings is 1. The zero-order valence-electron chi connectivity index (χ0n) is 16.6. The fourth-order valence-electron chi connectivity index (χ4n) is 3.97. The number of rotatable bonds is 4. The minimum Gasteiger partial charge on any atom is -0.492 e. The van der Waals surface area contributed by atoms with Crippen LogP contribution in [0, 0.1) is 5.92 Å². The summed E-state index contributed by atoms with van der Waals surface area (Å²) >= 11 is 1.62. The third-order valence-corrected chi connectivity index (χ3v) is 6.87. The maximum atomic E-state index is 12.6. The van der Waals surface area contributed by atoms with E-state index in [-0.39, 0.29) is 17.7 Å². The second-order valence-corrected chi connectivity index (χ2v) is 8.57. The number of aromatic hydroxyl groups is 1. The highest BCUT2D eigenvalue weighted by atomic mass is 32.1. The molecule has 1 aliphatic rings. The van der Waals surface area contributed by atoms with Crippen LogP contribution in [0.1, 0.15) is 23.8 Å². The van der Waals surface area contributed by atoms with Crippen LogP contribution in [0.4, 0.5) is 11.5 Å². The first kappa shape index (κ1) is 18.7. The number of aryl methyl sites for hydroxylation is 1. The van der Waals surface area contributed by atoms with E-state index in [1.807, 2.05) is 14.0 Å². The van der Waals surface area contributed by atoms with Gasteiger partial charge < -0.3 is 15.3 Å². The van der Waals surface area contributed by atoms with Crippen LogP contribution in [0.15, 0.2) is 18.6 Å². The van der Waals surface area contributed by atoms with Crippen molar-refractivity contribution < 1.29 is 9.90 Å². The zero-order chi connectivity index (χ0) is 20.8. The van der Waals surface area contributed by atoms with Gasteiger partial charge in [-0.05, 0) is 37.8 Å². The highest BCUT2D eigenvalue weighted by molar-refractivity contribution is 7.19. The molecule has 5 rings (SSSR count). The van der Waals surface area contributed by atoms with Crippen LogP contribution in [0.5, 0.6) is 5.88 Å². The SMILES string of the molecule is CCN(C)C(=O)[C@H]1CCc2c(sc3ncnc(Nc4cc5cn[nH]c5nc4O)c23)C1. The molecule has 0 saturated heterocycles. The first-order valence-electron chi connectivity index (χ1n) is 9.85. The van der Waals surface area contributed by atoms with E-state index >= 15 is 0 Å². The summed E-state index contributed by atoms with van der Waals surface area (Å²) < 4.78 is 0. The average Bonchev–Trinajstić information content (AvgIpc) is 3.36. The molecule has 0 saturated carbocycles. The predicted octanol–water partition coefficient (Wildman–Crippen LogP) is 3.00. The third-order valence-electron chi connectivity index (χ3n) is 5.70. The second-order valence-electron chi connectivity index (χ2n) is 7.49. The molecular formula is C20H21N7O2S. The largest absolute Gasteiger partial charge is 0.492 e. The number of amides is 1. The van der Waals surface area contributed by atoms with Gasteiger partial charge in [-0.1, -0.05) is 0 Å². The number of H-pyrrole nitrogens is 1. The van der Waals surface area contributed by atoms with Crippen molar-refractivity contribution in [3.63, 3.8) is 0 Å². The molecule has 9 nitrogen and oxygen atoms in total. The molecule has 0 aromatic carbocycles. The Morgan fingerprint density at radius 3 is 3.13 bits per heavy atom. The first-order chi connectivity index (χ1) is 14.5. The third kappa shape index (κ3) is 3.04. The molecule has 0 aliphatic heterocycles. The van der Waals surface area contributed by atoms with Crippen LogP contribution in [0.25, 0.3) is 21.3 Å². The Labute approximate surface area is 176 Å². The maximum absolute atomic E-state index is 12.6. The van der Waals surface area contributed by atoms with Gasteiger partial charge in [-0.15, -0.1) is 11.3 Å². The number of aromatic amines is 1. The Morgan fingerprint density at radius 1 is 1.43 bits per heavy atom. The van der Waals surface area contributed by atoms with Crippen molar-refractivity contribution in [2.24, 2.45) is 5.92 Å². The van der Waals surface area contributed by atoms with Gasteiger partial charge in [-0.3, -0.25) is 9.89 Å². The van der Waals surface area contributed by atoms with Gasteiger partial charge in [0.1, 0.15) is 22.7 Å². The lowest BCUT2D eigenvalue weighted by Gasteiger charge is -2.26. The molecule has 10 heteroatoms. The van der Waals surface area contributed by atoms with E-state index in [0.717, 1.165) is 34.9 Å². The van der Waals surface area contributed by atoms with Crippen molar-refractivity contribution in [1.29, 1.82) is 0 Å². The van der Waals surface area contributed by atoms with Gasteiger partial charge in [0.25, 0.3) is 0 Å². The minimum absolute atomic E-state index is 0.0108. The molecule has 1 atom stereocenters. The topological polar surface area (TPSA) is 120 Å². The summed E-state index contributed by atoms with van der Waals surface area (Å²) in [5.41, 5.74) is 2.17. The first-order valence-corrected chi connectivity index (χ1v) is 10.7. The van der Waals surface area contributed by atoms with Crippen molar-refractivity contribution in [3.8, 4) is 5.88 Å². The smallest absolute Gasteiger partial charge is 0.237 e. The molecular weight excluding hydrogens is 402 g/mol. The molecule has 0 bridgehead atoms. The van der Waals surface area contributed by atoms with E-state index in [1.165, 1.54) is 16.8 Å². The molecule has 30 heavy (non-hydrogen) atoms. The molecule has 0 fully saturated rings. The lowest BCUT2D eigenvalue weighted by atomic mass is 9.87. The molecule has 1 aliphatic carbocycles. The van der Waals surface area contributed by atoms with Crippen molar-refractivity contribution in [3.05, 3.63) is 29.0 Å². The molecule has 0 unspecified atom stereocenters. The van der Waals surface area contributed by atoms with Crippen LogP contribution >= 0.6 is 11.3 Å². The molecule has 0 radical (unpaired) electrons. The summed E-state index contributed by atoms with van der Waals surface area (Å²) in [6, 6.07) is 1.78. The highest BCUT2D eigenvalue weighted by Crippen LogP contribution is 2.41. The number of nitrogens with one attached hydrogen (secondary N) is 2. The van der Waals surface area contributed by atoms with Gasteiger partial charge in [-0.25, -0.2) is 9.97 Å². The van der Waals surface area contributed by atoms with Crippen molar-refractivity contribution in [2.45, 2.75) is 26.2 Å². The molecule has 154 valence electrons. The molecule has 4 aromatic heterocycles. The molecule has 4 aromatic rings. The summed E-state index contributed by atoms with van der Waals surface area (Å²) in [7, 11) is 1.85. The van der Waals surface area contributed by atoms with Gasteiger partial charge >= 0.3 is 0 Å². The monoisotopic (exact) mass is 423 g/mol. The standard InChI is InChI=1S/C20H21N7O2S/c1-3-27(2)20(29)10-4-5-12-14(7-10)30-19-15(12)17(21-9-22-19)24-13-6-11-8-23-26-16(11)25-18(13)28/h6,8-10H,3-5,7H2,1-2H3,(H,21,22,24)(H2,23,25,26,28)/t10-/m0/s1. The van der Waals surface area contributed by atoms with E-state index in [2.05, 4.69) is 30.5 Å². The Morgan fingerprint density at radius 2 is 2.30 bits per heavy atom. The van der Waals surface area contributed by atoms with E-state index < -0.39 is 0 Å². The van der Waals surface area contributed by atoms with Crippen molar-refractivity contribution in [2.75, 3.05) is 18.9 Å². The van der Waals surface area contributed by atoms with E-state index in [0.29, 0.717) is 23.7 Å². The maximum Gasteiger partial charge on any atom is 0.237 e. The summed E-state index contributed by atoms with van der Waals surface area (Å²) in [6.45, 7) is 2.71. The summed E-state index contributed by atoms with van der Waals surface area (Å²) in [6.07, 6.45) is 5.51. The van der Waals surface area contributed by atoms with E-state index in [1.54, 1.807) is 28.5 Å². The van der Waals surface area contributed by atoms with Gasteiger partial charge in [0.2, 0.25) is 11.8 Å². The van der Waals surface area contributed by atoms with E-state index in [9.17, 15) is 9.90 Å². The summed E-state index contributed by atoms with van der Waals surface area (Å²) in [5, 5.41) is 22.0. The quantitative estimate of drug-likeness (QED) is 0.461. The fourth-order valence-corrected chi connectivity index (χ4v) is 5.24. The number of carbonyl (C=O) groups excluding carboxylic acids is 1. The Bertz CT molecular complexity index is 1260. The van der Waals surface area contributed by atoms with Crippen LogP contribution < -0.4 is 5.32 Å². The number of fused-ring (bicyclic) bond motifs is 4. The Kier molecular flexibility index (Phi) is 4.50. The lowest BCUT2D eigenvalue weighted by Crippen LogP contribution is -2.35. The number of hydrogen-bond donors (Lipinski definition) is 3. The van der Waals surface area contributed by atoms with Gasteiger partial charge in [0.15, 0.2) is 5.65 Å². The summed E-state index contributed by atoms with van der Waals surface area (Å²) in [5.74, 6) is 0.717. The van der Waals surface area contributed by atoms with Crippen molar-refractivity contribution >= 4 is 50.0 Å². The normalized spacial score (nSPS) is 16.0. The number of pyridine rings is 1. The Balaban J connectivity index is 1.51. The van der Waals surface area contributed by atoms with Crippen LogP contribution in [-0.4, -0.2) is 54.7 Å². The van der Waals surface area contributed by atoms with Gasteiger partial charge in [0.05, 0.1) is 11.6 Å². The van der Waals surface area contributed by atoms with Gasteiger partial charge in [0, 0.05) is 29.8 Å². The minimum atomic E-state index is -0.129. The van der Waals surface area contributed by atoms with Gasteiger partial charge in [-0.2, -0.15) is 10.1 Å². The number of carbonyl (C=O) groups is 1. The lowest BCUT2D eigenvalue weighted by molar-refractivity contribution is -0.134. The number of hydrogen-bond acceptors (Lipinski definition) is 8. The summed E-state index contributed by atoms with van der Waals surface area (Å²) in [4.78, 5) is 29.5. The molecule has 0 spiro atoms. The van der Waals surface area contributed by atoms with Crippen molar-refractivity contribution in [1.82, 2.24) is 30.0 Å². The molecule has 4 heterocycles. The number of aromatic nitrogens is 5. The predicted molar refractivity (Wildman–Crippen MR) is 115 cm³/mol. The highest BCUT2D eigenvalue weighted by Gasteiger charge is 2.30. The molecule has 3 N–H and O–H groups in total. The Hall–Kier alpha value is -3.27. The number of nitrogens with zero attached hydrogens (tertiary/aromatic N) is 5. The average molecular weight is 424 g/mol.